The maximum Gasteiger partial charge on any atom is 0.308 e. The van der Waals surface area contributed by atoms with Crippen LogP contribution in [0.25, 0.3) is 11.2 Å². The summed E-state index contributed by atoms with van der Waals surface area (Å²) < 4.78 is 14.3. The van der Waals surface area contributed by atoms with Gasteiger partial charge in [0.2, 0.25) is 5.88 Å². The molecule has 0 amide bonds. The van der Waals surface area contributed by atoms with Crippen LogP contribution in [0.3, 0.4) is 0 Å². The Morgan fingerprint density at radius 2 is 2.00 bits per heavy atom. The third-order valence-electron chi connectivity index (χ3n) is 8.58. The quantitative estimate of drug-likeness (QED) is 0.328. The zero-order chi connectivity index (χ0) is 25.9. The van der Waals surface area contributed by atoms with Crippen LogP contribution in [-0.2, 0) is 23.3 Å². The van der Waals surface area contributed by atoms with Gasteiger partial charge in [-0.2, -0.15) is 4.98 Å². The third kappa shape index (κ3) is 4.05. The van der Waals surface area contributed by atoms with Crippen molar-refractivity contribution < 1.29 is 9.47 Å². The Bertz CT molecular complexity index is 1530. The molecule has 4 aliphatic rings. The number of hydrogen-bond donors (Lipinski definition) is 1. The van der Waals surface area contributed by atoms with Gasteiger partial charge in [0.25, 0.3) is 5.56 Å². The summed E-state index contributed by atoms with van der Waals surface area (Å²) in [6.07, 6.45) is 9.13. The fourth-order valence-corrected chi connectivity index (χ4v) is 8.08. The molecule has 38 heavy (non-hydrogen) atoms. The molecule has 8 rings (SSSR count). The van der Waals surface area contributed by atoms with Crippen LogP contribution in [0.2, 0.25) is 0 Å². The number of H-pyrrole nitrogens is 1. The lowest BCUT2D eigenvalue weighted by atomic mass is 9.47. The van der Waals surface area contributed by atoms with Gasteiger partial charge < -0.3 is 14.5 Å². The van der Waals surface area contributed by atoms with E-state index in [9.17, 15) is 4.79 Å². The molecule has 4 saturated carbocycles. The molecule has 4 bridgehead atoms. The molecular weight excluding hydrogens is 500 g/mol. The molecule has 0 spiro atoms. The van der Waals surface area contributed by atoms with Crippen molar-refractivity contribution >= 4 is 22.5 Å². The summed E-state index contributed by atoms with van der Waals surface area (Å²) in [6.45, 7) is 5.00. The highest BCUT2D eigenvalue weighted by atomic mass is 32.1. The standard InChI is InChI=1S/C28H32N6O3S/c1-3-8-34-24(35)22-23(33-26(34)37-20-6-4-5-17(2)30-20)32-25(31-22)27-11-18-10-19(12-27)14-28(13-18,16-27)36-15-21-29-7-9-38-21/h4-7,9,18-19H,3,8,10-16H2,1-2H3,(H,31,32). The molecule has 0 saturated heterocycles. The van der Waals surface area contributed by atoms with E-state index in [2.05, 4.69) is 15.0 Å². The summed E-state index contributed by atoms with van der Waals surface area (Å²) in [5.41, 5.74) is 1.25. The number of fused-ring (bicyclic) bond motifs is 1. The summed E-state index contributed by atoms with van der Waals surface area (Å²) in [5.74, 6) is 2.51. The van der Waals surface area contributed by atoms with Gasteiger partial charge in [0, 0.05) is 35.3 Å². The molecule has 2 unspecified atom stereocenters. The van der Waals surface area contributed by atoms with Crippen molar-refractivity contribution in [3.05, 3.63) is 56.7 Å². The van der Waals surface area contributed by atoms with Gasteiger partial charge in [0.15, 0.2) is 11.2 Å². The van der Waals surface area contributed by atoms with E-state index in [4.69, 9.17) is 19.4 Å². The highest BCUT2D eigenvalue weighted by Crippen LogP contribution is 2.63. The zero-order valence-corrected chi connectivity index (χ0v) is 22.6. The normalized spacial score (nSPS) is 27.8. The maximum absolute atomic E-state index is 13.7. The minimum atomic E-state index is -0.157. The Hall–Kier alpha value is -3.11. The van der Waals surface area contributed by atoms with E-state index in [0.29, 0.717) is 42.0 Å². The molecule has 0 aliphatic heterocycles. The van der Waals surface area contributed by atoms with E-state index in [-0.39, 0.29) is 22.6 Å². The van der Waals surface area contributed by atoms with Crippen LogP contribution in [0.5, 0.6) is 11.9 Å². The van der Waals surface area contributed by atoms with Crippen molar-refractivity contribution in [2.24, 2.45) is 11.8 Å². The van der Waals surface area contributed by atoms with Crippen molar-refractivity contribution in [1.82, 2.24) is 29.5 Å². The molecule has 0 aromatic carbocycles. The molecule has 4 aliphatic carbocycles. The van der Waals surface area contributed by atoms with Crippen molar-refractivity contribution in [3.63, 3.8) is 0 Å². The number of nitrogens with one attached hydrogen (secondary N) is 1. The van der Waals surface area contributed by atoms with Crippen LogP contribution >= 0.6 is 11.3 Å². The summed E-state index contributed by atoms with van der Waals surface area (Å²) in [5, 5.41) is 3.02. The highest BCUT2D eigenvalue weighted by Gasteiger charge is 2.60. The molecule has 2 atom stereocenters. The predicted molar refractivity (Wildman–Crippen MR) is 143 cm³/mol. The van der Waals surface area contributed by atoms with Gasteiger partial charge in [-0.25, -0.2) is 15.0 Å². The van der Waals surface area contributed by atoms with Gasteiger partial charge >= 0.3 is 6.01 Å². The first kappa shape index (κ1) is 24.0. The number of aromatic nitrogens is 6. The Balaban J connectivity index is 1.26. The van der Waals surface area contributed by atoms with Gasteiger partial charge in [-0.05, 0) is 69.8 Å². The van der Waals surface area contributed by atoms with Crippen LogP contribution in [0, 0.1) is 18.8 Å². The summed E-state index contributed by atoms with van der Waals surface area (Å²) in [7, 11) is 0. The van der Waals surface area contributed by atoms with Crippen molar-refractivity contribution in [3.8, 4) is 11.9 Å². The number of thiazole rings is 1. The molecule has 10 heteroatoms. The first-order valence-electron chi connectivity index (χ1n) is 13.6. The second-order valence-corrected chi connectivity index (χ2v) is 12.5. The third-order valence-corrected chi connectivity index (χ3v) is 9.33. The second-order valence-electron chi connectivity index (χ2n) is 11.5. The van der Waals surface area contributed by atoms with E-state index in [1.807, 2.05) is 37.6 Å². The number of hydrogen-bond acceptors (Lipinski definition) is 8. The number of ether oxygens (including phenoxy) is 2. The number of imidazole rings is 1. The van der Waals surface area contributed by atoms with Gasteiger partial charge in [-0.15, -0.1) is 11.3 Å². The molecule has 4 aromatic rings. The first-order chi connectivity index (χ1) is 18.4. The first-order valence-corrected chi connectivity index (χ1v) is 14.5. The Labute approximate surface area is 224 Å². The number of nitrogens with zero attached hydrogens (tertiary/aromatic N) is 5. The molecule has 4 aromatic heterocycles. The van der Waals surface area contributed by atoms with Gasteiger partial charge in [0.1, 0.15) is 10.8 Å². The van der Waals surface area contributed by atoms with Gasteiger partial charge in [0.05, 0.1) is 12.2 Å². The molecule has 9 nitrogen and oxygen atoms in total. The number of pyridine rings is 1. The largest absolute Gasteiger partial charge is 0.406 e. The molecule has 4 fully saturated rings. The number of aromatic amines is 1. The summed E-state index contributed by atoms with van der Waals surface area (Å²) in [4.78, 5) is 35.7. The molecule has 4 heterocycles. The second kappa shape index (κ2) is 8.98. The smallest absolute Gasteiger partial charge is 0.308 e. The topological polar surface area (TPSA) is 108 Å². The fourth-order valence-electron chi connectivity index (χ4n) is 7.55. The van der Waals surface area contributed by atoms with Crippen LogP contribution in [0.1, 0.15) is 68.4 Å². The van der Waals surface area contributed by atoms with E-state index in [1.54, 1.807) is 22.0 Å². The van der Waals surface area contributed by atoms with Crippen molar-refractivity contribution in [2.75, 3.05) is 0 Å². The van der Waals surface area contributed by atoms with E-state index < -0.39 is 0 Å². The molecule has 1 N–H and O–H groups in total. The Morgan fingerprint density at radius 3 is 2.74 bits per heavy atom. The average molecular weight is 533 g/mol. The summed E-state index contributed by atoms with van der Waals surface area (Å²) >= 11 is 1.64. The summed E-state index contributed by atoms with van der Waals surface area (Å²) in [6, 6.07) is 5.79. The number of rotatable bonds is 8. The minimum Gasteiger partial charge on any atom is -0.406 e. The lowest BCUT2D eigenvalue weighted by Gasteiger charge is -2.61. The maximum atomic E-state index is 13.7. The van der Waals surface area contributed by atoms with E-state index in [0.717, 1.165) is 55.1 Å². The lowest BCUT2D eigenvalue weighted by Crippen LogP contribution is -2.58. The average Bonchev–Trinajstić information content (AvgIpc) is 3.55. The molecule has 0 radical (unpaired) electrons. The van der Waals surface area contributed by atoms with Crippen LogP contribution < -0.4 is 10.3 Å². The van der Waals surface area contributed by atoms with Gasteiger partial charge in [-0.1, -0.05) is 13.0 Å². The minimum absolute atomic E-state index is 0.130. The van der Waals surface area contributed by atoms with Gasteiger partial charge in [-0.3, -0.25) is 9.36 Å². The van der Waals surface area contributed by atoms with Crippen LogP contribution in [0.4, 0.5) is 0 Å². The fraction of sp³-hybridized carbons (Fsp3) is 0.536. The SMILES string of the molecule is CCCn1c(Oc2cccc(C)n2)nc2nc(C34CC5CC(CC(OCc6nccs6)(C5)C3)C4)[nH]c2c1=O. The highest BCUT2D eigenvalue weighted by molar-refractivity contribution is 7.09. The Kier molecular flexibility index (Phi) is 5.66. The molecule has 198 valence electrons. The van der Waals surface area contributed by atoms with Crippen LogP contribution in [0.15, 0.2) is 34.6 Å². The lowest BCUT2D eigenvalue weighted by molar-refractivity contribution is -0.179. The van der Waals surface area contributed by atoms with Crippen LogP contribution in [-0.4, -0.2) is 35.1 Å². The van der Waals surface area contributed by atoms with E-state index >= 15 is 0 Å². The number of aryl methyl sites for hydroxylation is 1. The van der Waals surface area contributed by atoms with Crippen molar-refractivity contribution in [2.45, 2.75) is 83.0 Å². The van der Waals surface area contributed by atoms with Crippen molar-refractivity contribution in [1.29, 1.82) is 0 Å². The molecular formula is C28H32N6O3S. The monoisotopic (exact) mass is 532 g/mol. The Morgan fingerprint density at radius 1 is 1.16 bits per heavy atom. The zero-order valence-electron chi connectivity index (χ0n) is 21.8. The van der Waals surface area contributed by atoms with E-state index in [1.165, 1.54) is 6.42 Å². The predicted octanol–water partition coefficient (Wildman–Crippen LogP) is 5.29.